The number of hydrogen-bond donors (Lipinski definition) is 1. The van der Waals surface area contributed by atoms with Gasteiger partial charge in [-0.05, 0) is 22.4 Å². The van der Waals surface area contributed by atoms with E-state index in [-0.39, 0.29) is 12.2 Å². The second-order valence-corrected chi connectivity index (χ2v) is 3.95. The van der Waals surface area contributed by atoms with Crippen LogP contribution in [0.3, 0.4) is 0 Å². The summed E-state index contributed by atoms with van der Waals surface area (Å²) in [6.45, 7) is 0. The van der Waals surface area contributed by atoms with Crippen molar-refractivity contribution in [1.82, 2.24) is 0 Å². The van der Waals surface area contributed by atoms with Gasteiger partial charge in [0.15, 0.2) is 5.78 Å². The molecule has 0 bridgehead atoms. The molecule has 0 saturated heterocycles. The fourth-order valence-corrected chi connectivity index (χ4v) is 1.86. The first-order valence-electron chi connectivity index (χ1n) is 5.57. The second kappa shape index (κ2) is 5.27. The lowest BCUT2D eigenvalue weighted by Gasteiger charge is -2.04. The highest BCUT2D eigenvalue weighted by molar-refractivity contribution is 5.98. The first kappa shape index (κ1) is 12.0. The average Bonchev–Trinajstić information content (AvgIpc) is 2.37. The Bertz CT molecular complexity index is 621. The summed E-state index contributed by atoms with van der Waals surface area (Å²) >= 11 is 0. The fourth-order valence-electron chi connectivity index (χ4n) is 1.86. The Kier molecular flexibility index (Phi) is 3.53. The van der Waals surface area contributed by atoms with Crippen LogP contribution >= 0.6 is 0 Å². The van der Waals surface area contributed by atoms with Gasteiger partial charge in [-0.15, -0.1) is 0 Å². The maximum atomic E-state index is 11.6. The Morgan fingerprint density at radius 1 is 1.00 bits per heavy atom. The number of carbonyl (C=O) groups is 2. The standard InChI is InChI=1S/C15H12O3/c16-13(8-9-15(17)18)10-12-6-3-5-11-4-1-2-7-14(11)12/h1-9H,10H2,(H,17,18). The molecule has 0 atom stereocenters. The zero-order valence-electron chi connectivity index (χ0n) is 9.67. The molecule has 90 valence electrons. The number of hydrogen-bond acceptors (Lipinski definition) is 2. The maximum absolute atomic E-state index is 11.6. The molecule has 0 saturated carbocycles. The molecule has 0 amide bonds. The summed E-state index contributed by atoms with van der Waals surface area (Å²) in [7, 11) is 0. The van der Waals surface area contributed by atoms with E-state index in [1.54, 1.807) is 0 Å². The Balaban J connectivity index is 2.27. The lowest BCUT2D eigenvalue weighted by atomic mass is 10.0. The first-order valence-corrected chi connectivity index (χ1v) is 5.57. The van der Waals surface area contributed by atoms with Crippen molar-refractivity contribution < 1.29 is 14.7 Å². The minimum Gasteiger partial charge on any atom is -0.478 e. The van der Waals surface area contributed by atoms with Gasteiger partial charge in [0.1, 0.15) is 0 Å². The predicted molar refractivity (Wildman–Crippen MR) is 69.4 cm³/mol. The summed E-state index contributed by atoms with van der Waals surface area (Å²) < 4.78 is 0. The van der Waals surface area contributed by atoms with E-state index in [1.165, 1.54) is 0 Å². The monoisotopic (exact) mass is 240 g/mol. The highest BCUT2D eigenvalue weighted by atomic mass is 16.4. The summed E-state index contributed by atoms with van der Waals surface area (Å²) in [5.41, 5.74) is 0.910. The number of allylic oxidation sites excluding steroid dienone is 1. The van der Waals surface area contributed by atoms with Gasteiger partial charge in [0.2, 0.25) is 0 Å². The highest BCUT2D eigenvalue weighted by Crippen LogP contribution is 2.19. The topological polar surface area (TPSA) is 54.4 Å². The molecule has 0 aliphatic heterocycles. The highest BCUT2D eigenvalue weighted by Gasteiger charge is 2.04. The molecule has 0 aromatic heterocycles. The minimum atomic E-state index is -1.11. The van der Waals surface area contributed by atoms with E-state index in [2.05, 4.69) is 0 Å². The van der Waals surface area contributed by atoms with Crippen molar-refractivity contribution in [2.24, 2.45) is 0 Å². The number of ketones is 1. The van der Waals surface area contributed by atoms with Crippen molar-refractivity contribution >= 4 is 22.5 Å². The van der Waals surface area contributed by atoms with Crippen molar-refractivity contribution in [3.05, 3.63) is 60.2 Å². The number of benzene rings is 2. The van der Waals surface area contributed by atoms with Crippen LogP contribution in [0.5, 0.6) is 0 Å². The molecule has 2 aromatic rings. The Morgan fingerprint density at radius 3 is 2.50 bits per heavy atom. The normalized spacial score (nSPS) is 10.9. The SMILES string of the molecule is O=C(O)C=CC(=O)Cc1cccc2ccccc12. The van der Waals surface area contributed by atoms with E-state index >= 15 is 0 Å². The zero-order chi connectivity index (χ0) is 13.0. The predicted octanol–water partition coefficient (Wildman–Crippen LogP) is 2.59. The van der Waals surface area contributed by atoms with Gasteiger partial charge in [-0.3, -0.25) is 4.79 Å². The molecule has 0 aliphatic rings. The van der Waals surface area contributed by atoms with Gasteiger partial charge in [-0.25, -0.2) is 4.79 Å². The van der Waals surface area contributed by atoms with E-state index in [0.29, 0.717) is 0 Å². The van der Waals surface area contributed by atoms with Crippen LogP contribution in [0.2, 0.25) is 0 Å². The molecule has 0 fully saturated rings. The van der Waals surface area contributed by atoms with Crippen LogP contribution in [0.15, 0.2) is 54.6 Å². The van der Waals surface area contributed by atoms with E-state index in [0.717, 1.165) is 28.5 Å². The van der Waals surface area contributed by atoms with Crippen LogP contribution in [0.25, 0.3) is 10.8 Å². The van der Waals surface area contributed by atoms with Crippen LogP contribution in [0, 0.1) is 0 Å². The molecule has 2 aromatic carbocycles. The molecule has 0 radical (unpaired) electrons. The van der Waals surface area contributed by atoms with Crippen LogP contribution in [-0.4, -0.2) is 16.9 Å². The number of carboxylic acid groups (broad SMARTS) is 1. The summed E-state index contributed by atoms with van der Waals surface area (Å²) in [4.78, 5) is 21.9. The number of aliphatic carboxylic acids is 1. The molecular formula is C15H12O3. The average molecular weight is 240 g/mol. The lowest BCUT2D eigenvalue weighted by Crippen LogP contribution is -2.00. The van der Waals surface area contributed by atoms with E-state index in [4.69, 9.17) is 5.11 Å². The first-order chi connectivity index (χ1) is 8.66. The van der Waals surface area contributed by atoms with Crippen LogP contribution in [-0.2, 0) is 16.0 Å². The maximum Gasteiger partial charge on any atom is 0.328 e. The second-order valence-electron chi connectivity index (χ2n) is 3.95. The van der Waals surface area contributed by atoms with Crippen molar-refractivity contribution in [1.29, 1.82) is 0 Å². The van der Waals surface area contributed by atoms with Crippen LogP contribution < -0.4 is 0 Å². The Morgan fingerprint density at radius 2 is 1.72 bits per heavy atom. The smallest absolute Gasteiger partial charge is 0.328 e. The number of carboxylic acids is 1. The summed E-state index contributed by atoms with van der Waals surface area (Å²) in [6, 6.07) is 13.6. The largest absolute Gasteiger partial charge is 0.478 e. The zero-order valence-corrected chi connectivity index (χ0v) is 9.67. The molecule has 2 rings (SSSR count). The number of fused-ring (bicyclic) bond motifs is 1. The molecule has 0 heterocycles. The van der Waals surface area contributed by atoms with Gasteiger partial charge in [0.05, 0.1) is 0 Å². The molecule has 3 nitrogen and oxygen atoms in total. The van der Waals surface area contributed by atoms with E-state index in [1.807, 2.05) is 42.5 Å². The van der Waals surface area contributed by atoms with Gasteiger partial charge >= 0.3 is 5.97 Å². The van der Waals surface area contributed by atoms with Gasteiger partial charge in [-0.1, -0.05) is 42.5 Å². The van der Waals surface area contributed by atoms with E-state index in [9.17, 15) is 9.59 Å². The minimum absolute atomic E-state index is 0.213. The van der Waals surface area contributed by atoms with Crippen LogP contribution in [0.1, 0.15) is 5.56 Å². The van der Waals surface area contributed by atoms with Gasteiger partial charge in [0, 0.05) is 12.5 Å². The number of rotatable bonds is 4. The third kappa shape index (κ3) is 2.83. The van der Waals surface area contributed by atoms with Crippen molar-refractivity contribution in [3.8, 4) is 0 Å². The van der Waals surface area contributed by atoms with Crippen molar-refractivity contribution in [2.45, 2.75) is 6.42 Å². The fraction of sp³-hybridized carbons (Fsp3) is 0.0667. The molecule has 3 heteroatoms. The Hall–Kier alpha value is -2.42. The molecular weight excluding hydrogens is 228 g/mol. The van der Waals surface area contributed by atoms with Gasteiger partial charge in [0.25, 0.3) is 0 Å². The molecule has 18 heavy (non-hydrogen) atoms. The van der Waals surface area contributed by atoms with Crippen LogP contribution in [0.4, 0.5) is 0 Å². The summed E-state index contributed by atoms with van der Waals surface area (Å²) in [5, 5.41) is 10.6. The number of carbonyl (C=O) groups excluding carboxylic acids is 1. The summed E-state index contributed by atoms with van der Waals surface area (Å²) in [6.07, 6.45) is 2.18. The molecule has 0 aliphatic carbocycles. The molecule has 0 spiro atoms. The molecule has 0 unspecified atom stereocenters. The van der Waals surface area contributed by atoms with Crippen molar-refractivity contribution in [3.63, 3.8) is 0 Å². The van der Waals surface area contributed by atoms with Crippen molar-refractivity contribution in [2.75, 3.05) is 0 Å². The van der Waals surface area contributed by atoms with E-state index < -0.39 is 5.97 Å². The Labute approximate surface area is 104 Å². The third-order valence-corrected chi connectivity index (χ3v) is 2.66. The lowest BCUT2D eigenvalue weighted by molar-refractivity contribution is -0.131. The van der Waals surface area contributed by atoms with Gasteiger partial charge < -0.3 is 5.11 Å². The van der Waals surface area contributed by atoms with Gasteiger partial charge in [-0.2, -0.15) is 0 Å². The summed E-state index contributed by atoms with van der Waals surface area (Å²) in [5.74, 6) is -1.32. The third-order valence-electron chi connectivity index (χ3n) is 2.66. The molecule has 1 N–H and O–H groups in total. The quantitative estimate of drug-likeness (QED) is 0.836.